The highest BCUT2D eigenvalue weighted by Gasteiger charge is 2.30. The number of rotatable bonds is 2. The molecule has 0 aromatic rings. The lowest BCUT2D eigenvalue weighted by atomic mass is 10.1. The SMILES string of the molecule is CC.CC1CCN(C(C)C)C1.CC1CN(C(C)C)CC1F. The van der Waals surface area contributed by atoms with Crippen molar-refractivity contribution >= 4 is 0 Å². The number of hydrogen-bond donors (Lipinski definition) is 0. The molecular formula is C18H39FN2. The third-order valence-corrected chi connectivity index (χ3v) is 4.46. The van der Waals surface area contributed by atoms with E-state index < -0.39 is 6.17 Å². The van der Waals surface area contributed by atoms with Crippen molar-refractivity contribution in [3.8, 4) is 0 Å². The second kappa shape index (κ2) is 10.6. The number of hydrogen-bond acceptors (Lipinski definition) is 2. The molecule has 21 heavy (non-hydrogen) atoms. The molecule has 2 saturated heterocycles. The average molecular weight is 303 g/mol. The van der Waals surface area contributed by atoms with Crippen molar-refractivity contribution < 1.29 is 4.39 Å². The van der Waals surface area contributed by atoms with Gasteiger partial charge in [-0.25, -0.2) is 4.39 Å². The Morgan fingerprint density at radius 3 is 1.57 bits per heavy atom. The van der Waals surface area contributed by atoms with Crippen LogP contribution in [0.25, 0.3) is 0 Å². The van der Waals surface area contributed by atoms with Gasteiger partial charge in [0, 0.05) is 37.6 Å². The van der Waals surface area contributed by atoms with E-state index in [0.29, 0.717) is 12.6 Å². The Balaban J connectivity index is 0.000000342. The second-order valence-corrected chi connectivity index (χ2v) is 7.02. The highest BCUT2D eigenvalue weighted by Crippen LogP contribution is 2.20. The molecule has 0 spiro atoms. The van der Waals surface area contributed by atoms with Gasteiger partial charge in [0.25, 0.3) is 0 Å². The molecule has 0 N–H and O–H groups in total. The summed E-state index contributed by atoms with van der Waals surface area (Å²) in [5.74, 6) is 1.18. The smallest absolute Gasteiger partial charge is 0.116 e. The van der Waals surface area contributed by atoms with E-state index in [0.717, 1.165) is 18.5 Å². The quantitative estimate of drug-likeness (QED) is 0.743. The predicted molar refractivity (Wildman–Crippen MR) is 92.6 cm³/mol. The van der Waals surface area contributed by atoms with E-state index in [4.69, 9.17) is 0 Å². The average Bonchev–Trinajstić information content (AvgIpc) is 3.00. The molecule has 2 nitrogen and oxygen atoms in total. The van der Waals surface area contributed by atoms with Gasteiger partial charge in [0.15, 0.2) is 0 Å². The first-order valence-electron chi connectivity index (χ1n) is 8.93. The fourth-order valence-corrected chi connectivity index (χ4v) is 2.82. The van der Waals surface area contributed by atoms with Crippen LogP contribution in [0.2, 0.25) is 0 Å². The van der Waals surface area contributed by atoms with Crippen molar-refractivity contribution in [3.63, 3.8) is 0 Å². The molecule has 0 bridgehead atoms. The van der Waals surface area contributed by atoms with Gasteiger partial charge in [-0.3, -0.25) is 4.90 Å². The maximum Gasteiger partial charge on any atom is 0.116 e. The van der Waals surface area contributed by atoms with Crippen LogP contribution in [0.1, 0.15) is 61.8 Å². The lowest BCUT2D eigenvalue weighted by Gasteiger charge is -2.19. The zero-order valence-electron chi connectivity index (χ0n) is 15.7. The standard InChI is InChI=1S/C8H16FN.C8H17N.C2H6/c1-6(2)10-4-7(3)8(9)5-10;1-7(2)9-5-4-8(3)6-9;1-2/h6-8H,4-5H2,1-3H3;7-8H,4-6H2,1-3H3;1-2H3. The van der Waals surface area contributed by atoms with Crippen molar-refractivity contribution in [1.29, 1.82) is 0 Å². The summed E-state index contributed by atoms with van der Waals surface area (Å²) in [7, 11) is 0. The highest BCUT2D eigenvalue weighted by molar-refractivity contribution is 4.82. The van der Waals surface area contributed by atoms with E-state index in [1.165, 1.54) is 19.5 Å². The molecule has 0 aromatic carbocycles. The topological polar surface area (TPSA) is 6.48 Å². The minimum Gasteiger partial charge on any atom is -0.301 e. The largest absolute Gasteiger partial charge is 0.301 e. The molecule has 2 heterocycles. The van der Waals surface area contributed by atoms with Crippen molar-refractivity contribution in [2.45, 2.75) is 80.1 Å². The van der Waals surface area contributed by atoms with Gasteiger partial charge in [0.05, 0.1) is 0 Å². The Labute approximate surface area is 133 Å². The number of alkyl halides is 1. The number of halogens is 1. The molecule has 2 rings (SSSR count). The van der Waals surface area contributed by atoms with Gasteiger partial charge in [0.2, 0.25) is 0 Å². The van der Waals surface area contributed by atoms with Crippen molar-refractivity contribution in [2.75, 3.05) is 26.2 Å². The van der Waals surface area contributed by atoms with Crippen LogP contribution < -0.4 is 0 Å². The van der Waals surface area contributed by atoms with Gasteiger partial charge in [-0.05, 0) is 46.6 Å². The Kier molecular flexibility index (Phi) is 10.5. The summed E-state index contributed by atoms with van der Waals surface area (Å²) >= 11 is 0. The van der Waals surface area contributed by atoms with Crippen LogP contribution in [0.5, 0.6) is 0 Å². The Morgan fingerprint density at radius 2 is 1.38 bits per heavy atom. The minimum atomic E-state index is -0.595. The van der Waals surface area contributed by atoms with E-state index >= 15 is 0 Å². The van der Waals surface area contributed by atoms with Crippen LogP contribution in [0.15, 0.2) is 0 Å². The Morgan fingerprint density at radius 1 is 0.857 bits per heavy atom. The zero-order valence-corrected chi connectivity index (χ0v) is 15.7. The molecular weight excluding hydrogens is 263 g/mol. The van der Waals surface area contributed by atoms with Crippen LogP contribution >= 0.6 is 0 Å². The van der Waals surface area contributed by atoms with Crippen LogP contribution in [-0.2, 0) is 0 Å². The van der Waals surface area contributed by atoms with E-state index in [2.05, 4.69) is 44.4 Å². The zero-order chi connectivity index (χ0) is 16.6. The summed E-state index contributed by atoms with van der Waals surface area (Å²) in [4.78, 5) is 4.74. The van der Waals surface area contributed by atoms with E-state index in [1.54, 1.807) is 0 Å². The molecule has 0 aliphatic carbocycles. The van der Waals surface area contributed by atoms with Gasteiger partial charge in [-0.1, -0.05) is 27.7 Å². The normalized spacial score (nSPS) is 30.1. The lowest BCUT2D eigenvalue weighted by molar-refractivity contribution is 0.245. The summed E-state index contributed by atoms with van der Waals surface area (Å²) in [5.41, 5.74) is 0. The predicted octanol–water partition coefficient (Wildman–Crippen LogP) is 4.45. The van der Waals surface area contributed by atoms with E-state index in [-0.39, 0.29) is 5.92 Å². The summed E-state index contributed by atoms with van der Waals surface area (Å²) in [6.07, 6.45) is 0.806. The molecule has 2 aliphatic heterocycles. The maximum absolute atomic E-state index is 12.9. The van der Waals surface area contributed by atoms with Gasteiger partial charge in [0.1, 0.15) is 6.17 Å². The first kappa shape index (κ1) is 20.9. The fraction of sp³-hybridized carbons (Fsp3) is 1.00. The summed E-state index contributed by atoms with van der Waals surface area (Å²) in [5, 5.41) is 0. The molecule has 128 valence electrons. The van der Waals surface area contributed by atoms with Crippen molar-refractivity contribution in [1.82, 2.24) is 9.80 Å². The lowest BCUT2D eigenvalue weighted by Crippen LogP contribution is -2.28. The molecule has 0 saturated carbocycles. The first-order valence-corrected chi connectivity index (χ1v) is 8.93. The van der Waals surface area contributed by atoms with Crippen molar-refractivity contribution in [2.24, 2.45) is 11.8 Å². The highest BCUT2D eigenvalue weighted by atomic mass is 19.1. The summed E-state index contributed by atoms with van der Waals surface area (Å²) in [6.45, 7) is 21.3. The van der Waals surface area contributed by atoms with E-state index in [9.17, 15) is 4.39 Å². The van der Waals surface area contributed by atoms with Gasteiger partial charge in [-0.15, -0.1) is 0 Å². The second-order valence-electron chi connectivity index (χ2n) is 7.02. The summed E-state index contributed by atoms with van der Waals surface area (Å²) < 4.78 is 12.9. The van der Waals surface area contributed by atoms with Gasteiger partial charge in [-0.2, -0.15) is 0 Å². The van der Waals surface area contributed by atoms with Crippen molar-refractivity contribution in [3.05, 3.63) is 0 Å². The number of likely N-dealkylation sites (tertiary alicyclic amines) is 2. The van der Waals surface area contributed by atoms with Crippen LogP contribution in [-0.4, -0.2) is 54.2 Å². The maximum atomic E-state index is 12.9. The van der Waals surface area contributed by atoms with Gasteiger partial charge >= 0.3 is 0 Å². The Hall–Kier alpha value is -0.150. The van der Waals surface area contributed by atoms with Crippen LogP contribution in [0.3, 0.4) is 0 Å². The molecule has 2 fully saturated rings. The van der Waals surface area contributed by atoms with Crippen LogP contribution in [0, 0.1) is 11.8 Å². The van der Waals surface area contributed by atoms with E-state index in [1.807, 2.05) is 20.8 Å². The molecule has 0 radical (unpaired) electrons. The number of nitrogens with zero attached hydrogens (tertiary/aromatic N) is 2. The molecule has 2 aliphatic rings. The monoisotopic (exact) mass is 302 g/mol. The molecule has 0 aromatic heterocycles. The first-order chi connectivity index (χ1) is 9.81. The Bertz CT molecular complexity index is 246. The van der Waals surface area contributed by atoms with Crippen LogP contribution in [0.4, 0.5) is 4.39 Å². The molecule has 3 heteroatoms. The third kappa shape index (κ3) is 7.60. The molecule has 0 amide bonds. The third-order valence-electron chi connectivity index (χ3n) is 4.46. The fourth-order valence-electron chi connectivity index (χ4n) is 2.82. The minimum absolute atomic E-state index is 0.238. The van der Waals surface area contributed by atoms with Gasteiger partial charge < -0.3 is 4.90 Å². The molecule has 3 unspecified atom stereocenters. The summed E-state index contributed by atoms with van der Waals surface area (Å²) in [6, 6.07) is 1.26. The molecule has 3 atom stereocenters.